The van der Waals surface area contributed by atoms with Crippen molar-refractivity contribution in [2.75, 3.05) is 5.32 Å². The van der Waals surface area contributed by atoms with E-state index in [1.54, 1.807) is 30.3 Å². The van der Waals surface area contributed by atoms with E-state index in [0.29, 0.717) is 16.6 Å². The first-order valence-electron chi connectivity index (χ1n) is 9.39. The minimum Gasteiger partial charge on any atom is -0.326 e. The van der Waals surface area contributed by atoms with Gasteiger partial charge in [0.15, 0.2) is 0 Å². The molecule has 0 unspecified atom stereocenters. The monoisotopic (exact) mass is 490 g/mol. The zero-order valence-electron chi connectivity index (χ0n) is 15.8. The van der Waals surface area contributed by atoms with Gasteiger partial charge >= 0.3 is 0 Å². The Kier molecular flexibility index (Phi) is 5.72. The molecule has 1 aliphatic carbocycles. The van der Waals surface area contributed by atoms with Crippen molar-refractivity contribution in [1.82, 2.24) is 14.3 Å². The first kappa shape index (κ1) is 20.7. The van der Waals surface area contributed by atoms with Crippen molar-refractivity contribution >= 4 is 48.5 Å². The maximum Gasteiger partial charge on any atom is 0.261 e. The Morgan fingerprint density at radius 3 is 2.77 bits per heavy atom. The molecule has 10 heteroatoms. The number of anilines is 1. The molecule has 0 bridgehead atoms. The molecule has 1 aliphatic rings. The largest absolute Gasteiger partial charge is 0.326 e. The van der Waals surface area contributed by atoms with Crippen LogP contribution in [0.4, 0.5) is 5.69 Å². The smallest absolute Gasteiger partial charge is 0.261 e. The van der Waals surface area contributed by atoms with Crippen molar-refractivity contribution in [3.8, 4) is 0 Å². The number of carbonyl (C=O) groups is 1. The van der Waals surface area contributed by atoms with Gasteiger partial charge in [-0.15, -0.1) is 0 Å². The van der Waals surface area contributed by atoms with Crippen LogP contribution in [-0.4, -0.2) is 29.9 Å². The summed E-state index contributed by atoms with van der Waals surface area (Å²) in [5, 5.41) is 3.15. The first-order chi connectivity index (χ1) is 14.3. The molecule has 1 aromatic heterocycles. The van der Waals surface area contributed by atoms with Crippen molar-refractivity contribution in [2.45, 2.75) is 36.7 Å². The summed E-state index contributed by atoms with van der Waals surface area (Å²) in [5.74, 6) is -0.332. The molecular weight excluding hydrogens is 472 g/mol. The molecule has 30 heavy (non-hydrogen) atoms. The molecule has 1 amide bonds. The number of aromatic nitrogens is 2. The summed E-state index contributed by atoms with van der Waals surface area (Å²) >= 11 is 3.34. The summed E-state index contributed by atoms with van der Waals surface area (Å²) in [4.78, 5) is 29.3. The predicted molar refractivity (Wildman–Crippen MR) is 117 cm³/mol. The van der Waals surface area contributed by atoms with Crippen LogP contribution in [0.5, 0.6) is 0 Å². The summed E-state index contributed by atoms with van der Waals surface area (Å²) in [6.45, 7) is 0.154. The van der Waals surface area contributed by atoms with Crippen LogP contribution in [0.1, 0.15) is 19.3 Å². The molecule has 0 spiro atoms. The Labute approximate surface area is 181 Å². The van der Waals surface area contributed by atoms with Crippen LogP contribution in [0.3, 0.4) is 0 Å². The molecule has 0 aliphatic heterocycles. The van der Waals surface area contributed by atoms with E-state index in [9.17, 15) is 18.0 Å². The molecule has 0 radical (unpaired) electrons. The lowest BCUT2D eigenvalue weighted by Gasteiger charge is -2.10. The lowest BCUT2D eigenvalue weighted by atomic mass is 10.2. The number of rotatable bonds is 7. The standard InChI is InChI=1S/C20H19BrN4O4S/c21-13-4-7-18-17(10-13)20(27)25(12-22-18)9-8-19(26)23-15-2-1-3-16(11-15)30(28,29)24-14-5-6-14/h1-4,7,10-12,14,24H,5-6,8-9H2,(H,23,26). The SMILES string of the molecule is O=C(CCn1cnc2ccc(Br)cc2c1=O)Nc1cccc(S(=O)(=O)NC2CC2)c1. The van der Waals surface area contributed by atoms with Crippen LogP contribution < -0.4 is 15.6 Å². The van der Waals surface area contributed by atoms with Gasteiger partial charge in [-0.25, -0.2) is 18.1 Å². The molecule has 8 nitrogen and oxygen atoms in total. The van der Waals surface area contributed by atoms with Gasteiger partial charge in [0.05, 0.1) is 22.1 Å². The fraction of sp³-hybridized carbons (Fsp3) is 0.250. The maximum atomic E-state index is 12.6. The van der Waals surface area contributed by atoms with Gasteiger partial charge in [0, 0.05) is 29.2 Å². The number of benzene rings is 2. The summed E-state index contributed by atoms with van der Waals surface area (Å²) in [6.07, 6.45) is 3.15. The van der Waals surface area contributed by atoms with Crippen molar-refractivity contribution < 1.29 is 13.2 Å². The maximum absolute atomic E-state index is 12.6. The minimum absolute atomic E-state index is 0.00254. The molecular formula is C20H19BrN4O4S. The van der Waals surface area contributed by atoms with Gasteiger partial charge < -0.3 is 5.32 Å². The highest BCUT2D eigenvalue weighted by Crippen LogP contribution is 2.23. The summed E-state index contributed by atoms with van der Waals surface area (Å²) in [7, 11) is -3.60. The molecule has 1 fully saturated rings. The average molecular weight is 491 g/mol. The van der Waals surface area contributed by atoms with Crippen molar-refractivity contribution in [1.29, 1.82) is 0 Å². The van der Waals surface area contributed by atoms with E-state index in [1.165, 1.54) is 23.0 Å². The van der Waals surface area contributed by atoms with Crippen LogP contribution in [-0.2, 0) is 21.4 Å². The zero-order chi connectivity index (χ0) is 21.3. The molecule has 156 valence electrons. The van der Waals surface area contributed by atoms with Crippen molar-refractivity contribution in [3.05, 3.63) is 63.6 Å². The molecule has 3 aromatic rings. The van der Waals surface area contributed by atoms with E-state index < -0.39 is 10.0 Å². The zero-order valence-corrected chi connectivity index (χ0v) is 18.2. The third kappa shape index (κ3) is 4.77. The Morgan fingerprint density at radius 2 is 2.00 bits per heavy atom. The molecule has 1 heterocycles. The van der Waals surface area contributed by atoms with E-state index in [1.807, 2.05) is 0 Å². The van der Waals surface area contributed by atoms with Gasteiger partial charge in [0.25, 0.3) is 5.56 Å². The number of sulfonamides is 1. The molecule has 1 saturated carbocycles. The average Bonchev–Trinajstić information content (AvgIpc) is 3.51. The van der Waals surface area contributed by atoms with Gasteiger partial charge in [-0.05, 0) is 49.2 Å². The third-order valence-electron chi connectivity index (χ3n) is 4.69. The normalized spacial score (nSPS) is 14.0. The Morgan fingerprint density at radius 1 is 1.20 bits per heavy atom. The number of aryl methyl sites for hydroxylation is 1. The Hall–Kier alpha value is -2.56. The number of nitrogens with one attached hydrogen (secondary N) is 2. The van der Waals surface area contributed by atoms with E-state index in [0.717, 1.165) is 17.3 Å². The van der Waals surface area contributed by atoms with E-state index in [4.69, 9.17) is 0 Å². The van der Waals surface area contributed by atoms with E-state index in [2.05, 4.69) is 31.0 Å². The Bertz CT molecular complexity index is 1290. The number of hydrogen-bond donors (Lipinski definition) is 2. The molecule has 2 N–H and O–H groups in total. The van der Waals surface area contributed by atoms with Crippen LogP contribution in [0.15, 0.2) is 63.0 Å². The lowest BCUT2D eigenvalue weighted by molar-refractivity contribution is -0.116. The molecule has 2 aromatic carbocycles. The fourth-order valence-electron chi connectivity index (χ4n) is 2.97. The van der Waals surface area contributed by atoms with Gasteiger partial charge in [-0.1, -0.05) is 22.0 Å². The van der Waals surface area contributed by atoms with Crippen LogP contribution in [0.25, 0.3) is 10.9 Å². The number of amides is 1. The van der Waals surface area contributed by atoms with E-state index >= 15 is 0 Å². The highest BCUT2D eigenvalue weighted by Gasteiger charge is 2.28. The number of nitrogens with zero attached hydrogens (tertiary/aromatic N) is 2. The van der Waals surface area contributed by atoms with Gasteiger partial charge in [0.2, 0.25) is 15.9 Å². The number of fused-ring (bicyclic) bond motifs is 1. The third-order valence-corrected chi connectivity index (χ3v) is 6.70. The number of carbonyl (C=O) groups excluding carboxylic acids is 1. The van der Waals surface area contributed by atoms with E-state index in [-0.39, 0.29) is 35.4 Å². The van der Waals surface area contributed by atoms with Gasteiger partial charge in [-0.3, -0.25) is 14.2 Å². The van der Waals surface area contributed by atoms with Crippen LogP contribution in [0.2, 0.25) is 0 Å². The molecule has 4 rings (SSSR count). The van der Waals surface area contributed by atoms with Crippen molar-refractivity contribution in [2.24, 2.45) is 0 Å². The summed E-state index contributed by atoms with van der Waals surface area (Å²) in [6, 6.07) is 11.4. The second-order valence-corrected chi connectivity index (χ2v) is 9.76. The van der Waals surface area contributed by atoms with Crippen molar-refractivity contribution in [3.63, 3.8) is 0 Å². The minimum atomic E-state index is -3.60. The highest BCUT2D eigenvalue weighted by molar-refractivity contribution is 9.10. The first-order valence-corrected chi connectivity index (χ1v) is 11.7. The fourth-order valence-corrected chi connectivity index (χ4v) is 4.68. The number of hydrogen-bond acceptors (Lipinski definition) is 5. The topological polar surface area (TPSA) is 110 Å². The summed E-state index contributed by atoms with van der Waals surface area (Å²) in [5.41, 5.74) is 0.738. The molecule has 0 saturated heterocycles. The van der Waals surface area contributed by atoms with Crippen LogP contribution in [0, 0.1) is 0 Å². The highest BCUT2D eigenvalue weighted by atomic mass is 79.9. The quantitative estimate of drug-likeness (QED) is 0.528. The lowest BCUT2D eigenvalue weighted by Crippen LogP contribution is -2.26. The second kappa shape index (κ2) is 8.29. The van der Waals surface area contributed by atoms with Gasteiger partial charge in [0.1, 0.15) is 0 Å². The second-order valence-electron chi connectivity index (χ2n) is 7.13. The van der Waals surface area contributed by atoms with Gasteiger partial charge in [-0.2, -0.15) is 0 Å². The number of halogens is 1. The predicted octanol–water partition coefficient (Wildman–Crippen LogP) is 2.63. The molecule has 0 atom stereocenters. The summed E-state index contributed by atoms with van der Waals surface area (Å²) < 4.78 is 29.4. The Balaban J connectivity index is 1.43. The van der Waals surface area contributed by atoms with Crippen LogP contribution >= 0.6 is 15.9 Å².